The van der Waals surface area contributed by atoms with E-state index in [4.69, 9.17) is 4.42 Å². The molecule has 1 aromatic rings. The van der Waals surface area contributed by atoms with Crippen LogP contribution in [-0.4, -0.2) is 18.4 Å². The summed E-state index contributed by atoms with van der Waals surface area (Å²) < 4.78 is 5.11. The predicted octanol–water partition coefficient (Wildman–Crippen LogP) is 2.37. The Bertz CT molecular complexity index is 436. The highest BCUT2D eigenvalue weighted by Gasteiger charge is 2.15. The fourth-order valence-electron chi connectivity index (χ4n) is 2.74. The molecule has 1 saturated carbocycles. The minimum Gasteiger partial charge on any atom is -0.467 e. The van der Waals surface area contributed by atoms with Crippen molar-refractivity contribution in [3.8, 4) is 0 Å². The number of nitrogens with one attached hydrogen (secondary N) is 2. The molecule has 0 saturated heterocycles. The summed E-state index contributed by atoms with van der Waals surface area (Å²) in [4.78, 5) is 23.3. The van der Waals surface area contributed by atoms with Crippen molar-refractivity contribution >= 4 is 11.8 Å². The third-order valence-electron chi connectivity index (χ3n) is 3.99. The van der Waals surface area contributed by atoms with Gasteiger partial charge >= 0.3 is 0 Å². The van der Waals surface area contributed by atoms with Gasteiger partial charge in [-0.15, -0.1) is 0 Å². The van der Waals surface area contributed by atoms with Crippen LogP contribution in [-0.2, 0) is 16.1 Å². The molecule has 0 bridgehead atoms. The van der Waals surface area contributed by atoms with Crippen molar-refractivity contribution in [2.45, 2.75) is 51.5 Å². The molecule has 1 aliphatic rings. The molecule has 1 fully saturated rings. The van der Waals surface area contributed by atoms with E-state index in [2.05, 4.69) is 10.6 Å². The molecule has 0 radical (unpaired) electrons. The lowest BCUT2D eigenvalue weighted by Crippen LogP contribution is -2.36. The lowest BCUT2D eigenvalue weighted by atomic mass is 9.86. The quantitative estimate of drug-likeness (QED) is 0.810. The van der Waals surface area contributed by atoms with Gasteiger partial charge in [0.1, 0.15) is 5.76 Å². The lowest BCUT2D eigenvalue weighted by molar-refractivity contribution is -0.126. The predicted molar refractivity (Wildman–Crippen MR) is 79.4 cm³/mol. The Labute approximate surface area is 125 Å². The number of carbonyl (C=O) groups is 2. The van der Waals surface area contributed by atoms with Crippen LogP contribution in [0.2, 0.25) is 0 Å². The summed E-state index contributed by atoms with van der Waals surface area (Å²) in [6.45, 7) is 0.383. The van der Waals surface area contributed by atoms with Crippen LogP contribution in [0.1, 0.15) is 50.7 Å². The van der Waals surface area contributed by atoms with E-state index in [0.717, 1.165) is 6.42 Å². The van der Waals surface area contributed by atoms with Crippen molar-refractivity contribution in [3.05, 3.63) is 24.2 Å². The fourth-order valence-corrected chi connectivity index (χ4v) is 2.74. The van der Waals surface area contributed by atoms with Gasteiger partial charge in [-0.05, 0) is 24.5 Å². The fraction of sp³-hybridized carbons (Fsp3) is 0.625. The van der Waals surface area contributed by atoms with Gasteiger partial charge < -0.3 is 15.1 Å². The molecule has 0 aliphatic heterocycles. The number of rotatable bonds is 7. The van der Waals surface area contributed by atoms with Gasteiger partial charge in [0.25, 0.3) is 0 Å². The maximum absolute atomic E-state index is 11.7. The van der Waals surface area contributed by atoms with E-state index in [1.165, 1.54) is 32.1 Å². The highest BCUT2D eigenvalue weighted by molar-refractivity contribution is 5.84. The molecule has 5 heteroatoms. The molecular weight excluding hydrogens is 268 g/mol. The summed E-state index contributed by atoms with van der Waals surface area (Å²) in [7, 11) is 0. The SMILES string of the molecule is O=C(CCC1CCCCC1)NCC(=O)NCc1ccco1. The first-order chi connectivity index (χ1) is 10.2. The molecule has 2 N–H and O–H groups in total. The molecule has 0 spiro atoms. The topological polar surface area (TPSA) is 71.3 Å². The largest absolute Gasteiger partial charge is 0.467 e. The number of furan rings is 1. The van der Waals surface area contributed by atoms with Gasteiger partial charge in [-0.3, -0.25) is 9.59 Å². The highest BCUT2D eigenvalue weighted by atomic mass is 16.3. The Kier molecular flexibility index (Phi) is 6.31. The van der Waals surface area contributed by atoms with Gasteiger partial charge in [-0.25, -0.2) is 0 Å². The smallest absolute Gasteiger partial charge is 0.239 e. The van der Waals surface area contributed by atoms with Gasteiger partial charge in [-0.2, -0.15) is 0 Å². The average Bonchev–Trinajstić information content (AvgIpc) is 3.03. The van der Waals surface area contributed by atoms with E-state index < -0.39 is 0 Å². The van der Waals surface area contributed by atoms with Crippen molar-refractivity contribution in [2.75, 3.05) is 6.54 Å². The van der Waals surface area contributed by atoms with E-state index in [-0.39, 0.29) is 18.4 Å². The summed E-state index contributed by atoms with van der Waals surface area (Å²) in [5.41, 5.74) is 0. The maximum Gasteiger partial charge on any atom is 0.239 e. The van der Waals surface area contributed by atoms with Crippen molar-refractivity contribution in [2.24, 2.45) is 5.92 Å². The van der Waals surface area contributed by atoms with Crippen LogP contribution in [0.5, 0.6) is 0 Å². The first-order valence-corrected chi connectivity index (χ1v) is 7.80. The number of hydrogen-bond acceptors (Lipinski definition) is 3. The molecule has 1 aliphatic carbocycles. The molecule has 5 nitrogen and oxygen atoms in total. The van der Waals surface area contributed by atoms with Crippen LogP contribution in [0.4, 0.5) is 0 Å². The van der Waals surface area contributed by atoms with Crippen LogP contribution >= 0.6 is 0 Å². The Morgan fingerprint density at radius 2 is 1.95 bits per heavy atom. The molecule has 2 amide bonds. The second-order valence-corrected chi connectivity index (χ2v) is 5.68. The first-order valence-electron chi connectivity index (χ1n) is 7.80. The molecule has 0 unspecified atom stereocenters. The summed E-state index contributed by atoms with van der Waals surface area (Å²) >= 11 is 0. The van der Waals surface area contributed by atoms with E-state index in [1.807, 2.05) is 0 Å². The monoisotopic (exact) mass is 292 g/mol. The third kappa shape index (κ3) is 6.02. The van der Waals surface area contributed by atoms with Crippen molar-refractivity contribution in [3.63, 3.8) is 0 Å². The molecule has 1 heterocycles. The van der Waals surface area contributed by atoms with Crippen LogP contribution in [0.3, 0.4) is 0 Å². The Balaban J connectivity index is 1.54. The van der Waals surface area contributed by atoms with Crippen LogP contribution in [0.15, 0.2) is 22.8 Å². The van der Waals surface area contributed by atoms with Gasteiger partial charge in [0.15, 0.2) is 0 Å². The van der Waals surface area contributed by atoms with E-state index in [9.17, 15) is 9.59 Å². The molecular formula is C16H24N2O3. The van der Waals surface area contributed by atoms with Crippen LogP contribution in [0, 0.1) is 5.92 Å². The maximum atomic E-state index is 11.7. The second kappa shape index (κ2) is 8.49. The molecule has 2 rings (SSSR count). The molecule has 0 aromatic carbocycles. The standard InChI is InChI=1S/C16H24N2O3/c19-15(9-8-13-5-2-1-3-6-13)18-12-16(20)17-11-14-7-4-10-21-14/h4,7,10,13H,1-3,5-6,8-9,11-12H2,(H,17,20)(H,18,19). The summed E-state index contributed by atoms with van der Waals surface area (Å²) in [5.74, 6) is 1.16. The van der Waals surface area contributed by atoms with Crippen molar-refractivity contribution < 1.29 is 14.0 Å². The highest BCUT2D eigenvalue weighted by Crippen LogP contribution is 2.27. The minimum absolute atomic E-state index is 0.0320. The average molecular weight is 292 g/mol. The van der Waals surface area contributed by atoms with Crippen molar-refractivity contribution in [1.82, 2.24) is 10.6 Å². The zero-order valence-corrected chi connectivity index (χ0v) is 12.4. The first kappa shape index (κ1) is 15.6. The minimum atomic E-state index is -0.197. The van der Waals surface area contributed by atoms with Crippen LogP contribution in [0.25, 0.3) is 0 Å². The molecule has 116 valence electrons. The van der Waals surface area contributed by atoms with Gasteiger partial charge in [-0.1, -0.05) is 32.1 Å². The van der Waals surface area contributed by atoms with E-state index in [1.54, 1.807) is 18.4 Å². The van der Waals surface area contributed by atoms with E-state index in [0.29, 0.717) is 24.6 Å². The Morgan fingerprint density at radius 1 is 1.14 bits per heavy atom. The second-order valence-electron chi connectivity index (χ2n) is 5.68. The summed E-state index contributed by atoms with van der Waals surface area (Å²) in [5, 5.41) is 5.37. The van der Waals surface area contributed by atoms with Gasteiger partial charge in [0, 0.05) is 6.42 Å². The molecule has 0 atom stereocenters. The lowest BCUT2D eigenvalue weighted by Gasteiger charge is -2.20. The van der Waals surface area contributed by atoms with Crippen LogP contribution < -0.4 is 10.6 Å². The van der Waals surface area contributed by atoms with Gasteiger partial charge in [0.05, 0.1) is 19.4 Å². The number of carbonyl (C=O) groups excluding carboxylic acids is 2. The summed E-state index contributed by atoms with van der Waals surface area (Å²) in [6.07, 6.45) is 9.44. The third-order valence-corrected chi connectivity index (χ3v) is 3.99. The summed E-state index contributed by atoms with van der Waals surface area (Å²) in [6, 6.07) is 3.57. The Morgan fingerprint density at radius 3 is 2.67 bits per heavy atom. The Hall–Kier alpha value is -1.78. The molecule has 1 aromatic heterocycles. The van der Waals surface area contributed by atoms with E-state index >= 15 is 0 Å². The van der Waals surface area contributed by atoms with Crippen molar-refractivity contribution in [1.29, 1.82) is 0 Å². The normalized spacial score (nSPS) is 15.6. The zero-order valence-electron chi connectivity index (χ0n) is 12.4. The number of amides is 2. The van der Waals surface area contributed by atoms with Gasteiger partial charge in [0.2, 0.25) is 11.8 Å². The zero-order chi connectivity index (χ0) is 14.9. The molecule has 21 heavy (non-hydrogen) atoms. The number of hydrogen-bond donors (Lipinski definition) is 2.